The number of amides is 1. The summed E-state index contributed by atoms with van der Waals surface area (Å²) in [7, 11) is 0. The summed E-state index contributed by atoms with van der Waals surface area (Å²) in [5.74, 6) is -0.212. The summed E-state index contributed by atoms with van der Waals surface area (Å²) >= 11 is 0. The molecule has 9 heteroatoms. The number of carbonyl (C=O) groups is 1. The van der Waals surface area contributed by atoms with Crippen LogP contribution in [0.5, 0.6) is 0 Å². The molecule has 7 atom stereocenters. The van der Waals surface area contributed by atoms with Gasteiger partial charge in [0.25, 0.3) is 0 Å². The minimum atomic E-state index is -1.58. The van der Waals surface area contributed by atoms with E-state index in [1.807, 2.05) is 6.08 Å². The molecule has 9 nitrogen and oxygen atoms in total. The number of unbranched alkanes of at least 4 members (excludes halogenated alkanes) is 9. The van der Waals surface area contributed by atoms with E-state index in [9.17, 15) is 30.3 Å². The first-order valence-corrected chi connectivity index (χ1v) is 23.8. The van der Waals surface area contributed by atoms with Crippen LogP contribution in [0.1, 0.15) is 149 Å². The first-order chi connectivity index (χ1) is 30.3. The zero-order valence-electron chi connectivity index (χ0n) is 38.3. The van der Waals surface area contributed by atoms with Crippen LogP contribution >= 0.6 is 0 Å². The van der Waals surface area contributed by atoms with E-state index >= 15 is 0 Å². The van der Waals surface area contributed by atoms with Crippen LogP contribution in [0.3, 0.4) is 0 Å². The molecule has 0 bridgehead atoms. The van der Waals surface area contributed by atoms with Gasteiger partial charge in [0.2, 0.25) is 5.91 Å². The number of aliphatic hydroxyl groups excluding tert-OH is 5. The number of aliphatic hydroxyl groups is 5. The van der Waals surface area contributed by atoms with Gasteiger partial charge in [-0.1, -0.05) is 167 Å². The van der Waals surface area contributed by atoms with E-state index < -0.39 is 49.5 Å². The third-order valence-electron chi connectivity index (χ3n) is 10.3. The molecule has 1 fully saturated rings. The molecule has 0 spiro atoms. The van der Waals surface area contributed by atoms with Crippen molar-refractivity contribution in [2.75, 3.05) is 13.2 Å². The Morgan fingerprint density at radius 2 is 0.968 bits per heavy atom. The second-order valence-corrected chi connectivity index (χ2v) is 15.8. The van der Waals surface area contributed by atoms with Crippen molar-refractivity contribution >= 4 is 5.91 Å². The molecule has 6 N–H and O–H groups in total. The van der Waals surface area contributed by atoms with Gasteiger partial charge in [-0.25, -0.2) is 0 Å². The average molecular weight is 864 g/mol. The van der Waals surface area contributed by atoms with E-state index in [-0.39, 0.29) is 12.5 Å². The van der Waals surface area contributed by atoms with Crippen molar-refractivity contribution in [1.29, 1.82) is 0 Å². The largest absolute Gasteiger partial charge is 0.394 e. The molecule has 0 aromatic rings. The van der Waals surface area contributed by atoms with Crippen molar-refractivity contribution in [3.63, 3.8) is 0 Å². The Kier molecular flexibility index (Phi) is 38.0. The smallest absolute Gasteiger partial charge is 0.220 e. The lowest BCUT2D eigenvalue weighted by molar-refractivity contribution is -0.302. The molecule has 1 heterocycles. The maximum atomic E-state index is 12.9. The van der Waals surface area contributed by atoms with E-state index in [0.717, 1.165) is 103 Å². The molecule has 7 unspecified atom stereocenters. The van der Waals surface area contributed by atoms with Gasteiger partial charge in [0.1, 0.15) is 24.4 Å². The van der Waals surface area contributed by atoms with Gasteiger partial charge < -0.3 is 40.3 Å². The quantitative estimate of drug-likeness (QED) is 0.0267. The number of ether oxygens (including phenoxy) is 2. The van der Waals surface area contributed by atoms with Crippen LogP contribution < -0.4 is 5.32 Å². The lowest BCUT2D eigenvalue weighted by Crippen LogP contribution is -2.60. The molecule has 0 aromatic heterocycles. The van der Waals surface area contributed by atoms with E-state index in [1.54, 1.807) is 6.08 Å². The van der Waals surface area contributed by atoms with Gasteiger partial charge in [0.05, 0.1) is 25.4 Å². The Hall–Kier alpha value is -3.41. The molecule has 1 amide bonds. The molecule has 350 valence electrons. The Bertz CT molecular complexity index is 1370. The third kappa shape index (κ3) is 31.4. The molecule has 1 rings (SSSR count). The van der Waals surface area contributed by atoms with Crippen molar-refractivity contribution in [2.24, 2.45) is 0 Å². The summed E-state index contributed by atoms with van der Waals surface area (Å²) in [4.78, 5) is 12.9. The molecule has 0 aromatic carbocycles. The second kappa shape index (κ2) is 41.6. The Labute approximate surface area is 376 Å². The summed E-state index contributed by atoms with van der Waals surface area (Å²) in [5, 5.41) is 54.0. The predicted octanol–water partition coefficient (Wildman–Crippen LogP) is 10.4. The standard InChI is InChI=1S/C53H85NO8/c1-3-5-7-9-11-13-15-16-17-18-19-20-21-22-23-24-25-26-27-28-29-30-31-32-33-35-37-39-41-43-49(57)54-46(45-61-53-52(60)51(59)50(58)48(44-55)62-53)47(56)42-40-38-36-34-14-12-10-8-6-4-2/h5-8,11,13-14,16-17,19-20,22-23,25-26,28-29,34,40,42,46-48,50-53,55-56,58-60H,3-4,9-10,12,15,18,21,24,27,30-33,35-39,41,43-45H2,1-2H3,(H,54,57)/b7-5-,8-6+,13-11-,17-16-,20-19-,23-22-,26-25-,29-28-,34-14+,42-40+. The SMILES string of the molecule is CC/C=C\C/C=C\C/C=C\C/C=C\C/C=C\C/C=C\C/C=C\CCCCCCCCCC(=O)NC(COC1OC(CO)C(O)C(O)C1O)C(O)/C=C/CC/C=C/CC/C=C/CC. The first-order valence-electron chi connectivity index (χ1n) is 23.8. The molecule has 0 radical (unpaired) electrons. The van der Waals surface area contributed by atoms with E-state index in [1.165, 1.54) is 19.3 Å². The van der Waals surface area contributed by atoms with E-state index in [2.05, 4.69) is 129 Å². The van der Waals surface area contributed by atoms with Crippen LogP contribution in [-0.4, -0.2) is 87.5 Å². The Morgan fingerprint density at radius 1 is 0.548 bits per heavy atom. The summed E-state index contributed by atoms with van der Waals surface area (Å²) in [6.07, 6.45) is 55.5. The van der Waals surface area contributed by atoms with Crippen molar-refractivity contribution < 1.29 is 39.8 Å². The molecule has 1 aliphatic heterocycles. The van der Waals surface area contributed by atoms with Gasteiger partial charge in [-0.05, 0) is 96.3 Å². The summed E-state index contributed by atoms with van der Waals surface area (Å²) in [6, 6.07) is -0.841. The topological polar surface area (TPSA) is 149 Å². The number of hydrogen-bond acceptors (Lipinski definition) is 8. The van der Waals surface area contributed by atoms with Crippen molar-refractivity contribution in [3.8, 4) is 0 Å². The number of allylic oxidation sites excluding steroid dienone is 19. The molecule has 0 saturated carbocycles. The van der Waals surface area contributed by atoms with Gasteiger partial charge in [0, 0.05) is 6.42 Å². The van der Waals surface area contributed by atoms with Crippen LogP contribution in [-0.2, 0) is 14.3 Å². The van der Waals surface area contributed by atoms with Crippen molar-refractivity contribution in [1.82, 2.24) is 5.32 Å². The monoisotopic (exact) mass is 864 g/mol. The number of carbonyl (C=O) groups excluding carboxylic acids is 1. The lowest BCUT2D eigenvalue weighted by Gasteiger charge is -2.40. The number of nitrogens with one attached hydrogen (secondary N) is 1. The zero-order valence-corrected chi connectivity index (χ0v) is 38.3. The van der Waals surface area contributed by atoms with Crippen molar-refractivity contribution in [2.45, 2.75) is 192 Å². The fourth-order valence-corrected chi connectivity index (χ4v) is 6.53. The molecule has 1 aliphatic rings. The zero-order chi connectivity index (χ0) is 45.1. The molecule has 62 heavy (non-hydrogen) atoms. The first kappa shape index (κ1) is 56.6. The molecule has 1 saturated heterocycles. The van der Waals surface area contributed by atoms with Gasteiger partial charge in [-0.2, -0.15) is 0 Å². The van der Waals surface area contributed by atoms with E-state index in [4.69, 9.17) is 9.47 Å². The Balaban J connectivity index is 2.26. The van der Waals surface area contributed by atoms with Crippen LogP contribution in [0, 0.1) is 0 Å². The van der Waals surface area contributed by atoms with Crippen LogP contribution in [0.4, 0.5) is 0 Å². The summed E-state index contributed by atoms with van der Waals surface area (Å²) in [5.41, 5.74) is 0. The van der Waals surface area contributed by atoms with Gasteiger partial charge in [-0.3, -0.25) is 4.79 Å². The highest BCUT2D eigenvalue weighted by molar-refractivity contribution is 5.76. The highest BCUT2D eigenvalue weighted by Gasteiger charge is 2.44. The predicted molar refractivity (Wildman–Crippen MR) is 257 cm³/mol. The molecular weight excluding hydrogens is 779 g/mol. The maximum absolute atomic E-state index is 12.9. The number of hydrogen-bond donors (Lipinski definition) is 6. The van der Waals surface area contributed by atoms with Crippen LogP contribution in [0.2, 0.25) is 0 Å². The fourth-order valence-electron chi connectivity index (χ4n) is 6.53. The molecular formula is C53H85NO8. The second-order valence-electron chi connectivity index (χ2n) is 15.8. The third-order valence-corrected chi connectivity index (χ3v) is 10.3. The molecule has 0 aliphatic carbocycles. The van der Waals surface area contributed by atoms with E-state index in [0.29, 0.717) is 12.8 Å². The Morgan fingerprint density at radius 3 is 1.48 bits per heavy atom. The fraction of sp³-hybridized carbons (Fsp3) is 0.604. The van der Waals surface area contributed by atoms with Crippen LogP contribution in [0.25, 0.3) is 0 Å². The highest BCUT2D eigenvalue weighted by Crippen LogP contribution is 2.22. The van der Waals surface area contributed by atoms with Gasteiger partial charge >= 0.3 is 0 Å². The average Bonchev–Trinajstić information content (AvgIpc) is 3.27. The highest BCUT2D eigenvalue weighted by atomic mass is 16.7. The van der Waals surface area contributed by atoms with Crippen LogP contribution in [0.15, 0.2) is 122 Å². The minimum Gasteiger partial charge on any atom is -0.394 e. The number of rotatable bonds is 37. The lowest BCUT2D eigenvalue weighted by atomic mass is 9.99. The van der Waals surface area contributed by atoms with Gasteiger partial charge in [0.15, 0.2) is 6.29 Å². The summed E-state index contributed by atoms with van der Waals surface area (Å²) in [6.45, 7) is 3.47. The summed E-state index contributed by atoms with van der Waals surface area (Å²) < 4.78 is 11.2. The van der Waals surface area contributed by atoms with Crippen molar-refractivity contribution in [3.05, 3.63) is 122 Å². The minimum absolute atomic E-state index is 0.212. The normalized spacial score (nSPS) is 21.4. The van der Waals surface area contributed by atoms with Gasteiger partial charge in [-0.15, -0.1) is 0 Å². The maximum Gasteiger partial charge on any atom is 0.220 e.